The largest absolute Gasteiger partial charge is 0.383 e. The first-order chi connectivity index (χ1) is 7.03. The van der Waals surface area contributed by atoms with Crippen LogP contribution in [0.5, 0.6) is 0 Å². The molecule has 0 aromatic carbocycles. The number of rotatable bonds is 7. The summed E-state index contributed by atoms with van der Waals surface area (Å²) in [6, 6.07) is 0.0453. The molecule has 6 heteroatoms. The summed E-state index contributed by atoms with van der Waals surface area (Å²) in [6.07, 6.45) is 2.23. The fourth-order valence-corrected chi connectivity index (χ4v) is 3.19. The highest BCUT2D eigenvalue weighted by Crippen LogP contribution is 2.36. The van der Waals surface area contributed by atoms with E-state index >= 15 is 0 Å². The van der Waals surface area contributed by atoms with Gasteiger partial charge in [-0.3, -0.25) is 0 Å². The molecule has 0 aliphatic heterocycles. The summed E-state index contributed by atoms with van der Waals surface area (Å²) in [6.45, 7) is 2.74. The van der Waals surface area contributed by atoms with Crippen LogP contribution in [-0.2, 0) is 14.8 Å². The van der Waals surface area contributed by atoms with Crippen LogP contribution in [0.4, 0.5) is 0 Å². The lowest BCUT2D eigenvalue weighted by atomic mass is 10.2. The van der Waals surface area contributed by atoms with Gasteiger partial charge in [-0.05, 0) is 25.7 Å². The minimum Gasteiger partial charge on any atom is -0.383 e. The van der Waals surface area contributed by atoms with Gasteiger partial charge in [-0.25, -0.2) is 8.42 Å². The molecular weight excluding hydrogens is 238 g/mol. The third-order valence-electron chi connectivity index (χ3n) is 2.77. The highest BCUT2D eigenvalue weighted by Gasteiger charge is 2.36. The molecule has 0 radical (unpaired) electrons. The standard InChI is InChI=1S/C9H18ClNO3S/c1-8(9-3-4-9)11(5-6-14-2)15(12,13)7-10/h8-9H,3-7H2,1-2H3. The molecule has 0 saturated heterocycles. The number of hydrogen-bond donors (Lipinski definition) is 0. The van der Waals surface area contributed by atoms with Crippen LogP contribution in [0.25, 0.3) is 0 Å². The van der Waals surface area contributed by atoms with E-state index < -0.39 is 10.0 Å². The second-order valence-electron chi connectivity index (χ2n) is 3.90. The fraction of sp³-hybridized carbons (Fsp3) is 1.00. The Labute approximate surface area is 96.6 Å². The highest BCUT2D eigenvalue weighted by atomic mass is 35.5. The van der Waals surface area contributed by atoms with Gasteiger partial charge in [-0.15, -0.1) is 11.6 Å². The van der Waals surface area contributed by atoms with Crippen molar-refractivity contribution in [3.63, 3.8) is 0 Å². The second-order valence-corrected chi connectivity index (χ2v) is 6.41. The number of methoxy groups -OCH3 is 1. The molecule has 1 fully saturated rings. The highest BCUT2D eigenvalue weighted by molar-refractivity contribution is 7.90. The van der Waals surface area contributed by atoms with E-state index in [-0.39, 0.29) is 11.3 Å². The SMILES string of the molecule is COCCN(C(C)C1CC1)S(=O)(=O)CCl. The van der Waals surface area contributed by atoms with E-state index in [1.807, 2.05) is 6.92 Å². The number of halogens is 1. The maximum Gasteiger partial charge on any atom is 0.228 e. The molecule has 0 N–H and O–H groups in total. The van der Waals surface area contributed by atoms with Gasteiger partial charge in [0.1, 0.15) is 5.21 Å². The van der Waals surface area contributed by atoms with Crippen molar-refractivity contribution in [2.75, 3.05) is 25.5 Å². The molecule has 0 bridgehead atoms. The summed E-state index contributed by atoms with van der Waals surface area (Å²) >= 11 is 5.47. The van der Waals surface area contributed by atoms with Crippen LogP contribution in [-0.4, -0.2) is 44.2 Å². The van der Waals surface area contributed by atoms with E-state index in [0.29, 0.717) is 19.1 Å². The normalized spacial score (nSPS) is 19.5. The zero-order valence-corrected chi connectivity index (χ0v) is 10.7. The summed E-state index contributed by atoms with van der Waals surface area (Å²) in [5.41, 5.74) is 0. The molecule has 0 aromatic rings. The molecule has 1 aliphatic carbocycles. The molecule has 0 spiro atoms. The Hall–Kier alpha value is 0.160. The maximum atomic E-state index is 11.7. The Morgan fingerprint density at radius 3 is 2.53 bits per heavy atom. The predicted octanol–water partition coefficient (Wildman–Crippen LogP) is 1.26. The molecule has 1 aliphatic rings. The Morgan fingerprint density at radius 2 is 2.13 bits per heavy atom. The van der Waals surface area contributed by atoms with Gasteiger partial charge in [-0.1, -0.05) is 0 Å². The molecule has 1 rings (SSSR count). The maximum absolute atomic E-state index is 11.7. The van der Waals surface area contributed by atoms with Crippen LogP contribution in [0.3, 0.4) is 0 Å². The van der Waals surface area contributed by atoms with Gasteiger partial charge in [0.15, 0.2) is 0 Å². The average molecular weight is 256 g/mol. The van der Waals surface area contributed by atoms with E-state index in [4.69, 9.17) is 16.3 Å². The lowest BCUT2D eigenvalue weighted by Gasteiger charge is -2.27. The predicted molar refractivity (Wildman–Crippen MR) is 60.4 cm³/mol. The van der Waals surface area contributed by atoms with E-state index in [1.165, 1.54) is 4.31 Å². The summed E-state index contributed by atoms with van der Waals surface area (Å²) in [5, 5.41) is -0.353. The zero-order chi connectivity index (χ0) is 11.5. The molecule has 15 heavy (non-hydrogen) atoms. The van der Waals surface area contributed by atoms with Gasteiger partial charge in [0.05, 0.1) is 6.61 Å². The fourth-order valence-electron chi connectivity index (χ4n) is 1.65. The minimum atomic E-state index is -3.32. The van der Waals surface area contributed by atoms with Gasteiger partial charge in [-0.2, -0.15) is 4.31 Å². The molecule has 1 saturated carbocycles. The minimum absolute atomic E-state index is 0.0453. The molecule has 90 valence electrons. The molecule has 1 atom stereocenters. The quantitative estimate of drug-likeness (QED) is 0.644. The van der Waals surface area contributed by atoms with E-state index in [9.17, 15) is 8.42 Å². The number of hydrogen-bond acceptors (Lipinski definition) is 3. The van der Waals surface area contributed by atoms with Crippen molar-refractivity contribution in [1.82, 2.24) is 4.31 Å². The molecule has 0 heterocycles. The van der Waals surface area contributed by atoms with E-state index in [1.54, 1.807) is 7.11 Å². The van der Waals surface area contributed by atoms with Crippen molar-refractivity contribution in [3.05, 3.63) is 0 Å². The van der Waals surface area contributed by atoms with Crippen LogP contribution >= 0.6 is 11.6 Å². The summed E-state index contributed by atoms with van der Waals surface area (Å²) in [4.78, 5) is 0. The third-order valence-corrected chi connectivity index (χ3v) is 5.10. The average Bonchev–Trinajstić information content (AvgIpc) is 3.01. The Morgan fingerprint density at radius 1 is 1.53 bits per heavy atom. The van der Waals surface area contributed by atoms with E-state index in [0.717, 1.165) is 12.8 Å². The summed E-state index contributed by atoms with van der Waals surface area (Å²) in [5.74, 6) is 0.500. The van der Waals surface area contributed by atoms with Gasteiger partial charge in [0.25, 0.3) is 0 Å². The number of alkyl halides is 1. The number of sulfonamides is 1. The third kappa shape index (κ3) is 3.59. The molecule has 0 aromatic heterocycles. The molecular formula is C9H18ClNO3S. The number of nitrogens with zero attached hydrogens (tertiary/aromatic N) is 1. The summed E-state index contributed by atoms with van der Waals surface area (Å²) < 4.78 is 29.8. The van der Waals surface area contributed by atoms with Gasteiger partial charge >= 0.3 is 0 Å². The van der Waals surface area contributed by atoms with E-state index in [2.05, 4.69) is 0 Å². The van der Waals surface area contributed by atoms with Crippen molar-refractivity contribution in [2.45, 2.75) is 25.8 Å². The van der Waals surface area contributed by atoms with Crippen LogP contribution in [0, 0.1) is 5.92 Å². The Kier molecular flexibility index (Phi) is 4.83. The topological polar surface area (TPSA) is 46.6 Å². The smallest absolute Gasteiger partial charge is 0.228 e. The lowest BCUT2D eigenvalue weighted by Crippen LogP contribution is -2.42. The molecule has 1 unspecified atom stereocenters. The first-order valence-electron chi connectivity index (χ1n) is 5.07. The Balaban J connectivity index is 2.67. The van der Waals surface area contributed by atoms with Crippen molar-refractivity contribution >= 4 is 21.6 Å². The van der Waals surface area contributed by atoms with Crippen LogP contribution in [0.2, 0.25) is 0 Å². The first-order valence-corrected chi connectivity index (χ1v) is 7.21. The Bertz CT molecular complexity index is 290. The van der Waals surface area contributed by atoms with Gasteiger partial charge in [0, 0.05) is 19.7 Å². The molecule has 0 amide bonds. The molecule has 4 nitrogen and oxygen atoms in total. The van der Waals surface area contributed by atoms with Crippen LogP contribution in [0.15, 0.2) is 0 Å². The van der Waals surface area contributed by atoms with Gasteiger partial charge < -0.3 is 4.74 Å². The second kappa shape index (κ2) is 5.48. The number of ether oxygens (including phenoxy) is 1. The lowest BCUT2D eigenvalue weighted by molar-refractivity contribution is 0.164. The van der Waals surface area contributed by atoms with Gasteiger partial charge in [0.2, 0.25) is 10.0 Å². The van der Waals surface area contributed by atoms with Crippen molar-refractivity contribution in [2.24, 2.45) is 5.92 Å². The monoisotopic (exact) mass is 255 g/mol. The van der Waals surface area contributed by atoms with Crippen molar-refractivity contribution < 1.29 is 13.2 Å². The van der Waals surface area contributed by atoms with Crippen molar-refractivity contribution in [3.8, 4) is 0 Å². The first kappa shape index (κ1) is 13.2. The summed E-state index contributed by atoms with van der Waals surface area (Å²) in [7, 11) is -1.76. The van der Waals surface area contributed by atoms with Crippen molar-refractivity contribution in [1.29, 1.82) is 0 Å². The van der Waals surface area contributed by atoms with Crippen LogP contribution in [0.1, 0.15) is 19.8 Å². The van der Waals surface area contributed by atoms with Crippen LogP contribution < -0.4 is 0 Å². The zero-order valence-electron chi connectivity index (χ0n) is 9.15.